The van der Waals surface area contributed by atoms with E-state index in [0.717, 1.165) is 0 Å². The van der Waals surface area contributed by atoms with Gasteiger partial charge in [-0.05, 0) is 111 Å². The molecule has 0 saturated heterocycles. The SMILES string of the molecule is c1ccc2c(c1)c1ccccc1c1cc(-c3cccc4c3c3cccc5c6c(-c7ccc8c9ccccc9c9ccccc9c8c7)cccc6n4c35)ccc21. The maximum absolute atomic E-state index is 2.52. The van der Waals surface area contributed by atoms with Gasteiger partial charge in [0.2, 0.25) is 0 Å². The van der Waals surface area contributed by atoms with Crippen LogP contribution in [0.25, 0.3) is 125 Å². The van der Waals surface area contributed by atoms with Crippen molar-refractivity contribution in [3.63, 3.8) is 0 Å². The second-order valence-electron chi connectivity index (χ2n) is 15.1. The Bertz CT molecular complexity index is 3460. The Balaban J connectivity index is 1.07. The summed E-state index contributed by atoms with van der Waals surface area (Å²) in [5.74, 6) is 0. The number of fused-ring (bicyclic) bond motifs is 18. The van der Waals surface area contributed by atoms with E-state index in [-0.39, 0.29) is 0 Å². The quantitative estimate of drug-likeness (QED) is 0.159. The zero-order valence-corrected chi connectivity index (χ0v) is 29.8. The molecule has 1 nitrogen and oxygen atoms in total. The second-order valence-corrected chi connectivity index (χ2v) is 15.1. The lowest BCUT2D eigenvalue weighted by molar-refractivity contribution is 1.37. The summed E-state index contributed by atoms with van der Waals surface area (Å²) in [7, 11) is 0. The van der Waals surface area contributed by atoms with E-state index in [9.17, 15) is 0 Å². The van der Waals surface area contributed by atoms with Gasteiger partial charge in [-0.2, -0.15) is 0 Å². The highest BCUT2D eigenvalue weighted by molar-refractivity contribution is 6.30. The van der Waals surface area contributed by atoms with Crippen LogP contribution in [0, 0.1) is 0 Å². The minimum atomic E-state index is 1.24. The highest BCUT2D eigenvalue weighted by Crippen LogP contribution is 2.47. The highest BCUT2D eigenvalue weighted by atomic mass is 14.9. The lowest BCUT2D eigenvalue weighted by atomic mass is 9.90. The van der Waals surface area contributed by atoms with E-state index >= 15 is 0 Å². The molecule has 0 bridgehead atoms. The normalized spacial score (nSPS) is 12.4. The molecule has 0 saturated carbocycles. The molecule has 0 N–H and O–H groups in total. The molecule has 2 heterocycles. The summed E-state index contributed by atoms with van der Waals surface area (Å²) < 4.78 is 2.52. The third-order valence-electron chi connectivity index (χ3n) is 12.5. The molecule has 1 heteroatoms. The van der Waals surface area contributed by atoms with Crippen molar-refractivity contribution in [3.05, 3.63) is 188 Å². The molecule has 0 radical (unpaired) electrons. The Morgan fingerprint density at radius 2 is 0.545 bits per heavy atom. The van der Waals surface area contributed by atoms with Crippen LogP contribution >= 0.6 is 0 Å². The molecular formula is C54H31N. The van der Waals surface area contributed by atoms with Gasteiger partial charge in [0.1, 0.15) is 0 Å². The largest absolute Gasteiger partial charge is 0.308 e. The van der Waals surface area contributed by atoms with Gasteiger partial charge in [0.25, 0.3) is 0 Å². The van der Waals surface area contributed by atoms with Gasteiger partial charge in [-0.1, -0.05) is 164 Å². The first-order chi connectivity index (χ1) is 27.3. The zero-order valence-electron chi connectivity index (χ0n) is 29.8. The van der Waals surface area contributed by atoms with Crippen LogP contribution in [0.3, 0.4) is 0 Å². The third-order valence-corrected chi connectivity index (χ3v) is 12.5. The lowest BCUT2D eigenvalue weighted by Gasteiger charge is -2.13. The molecule has 2 aromatic heterocycles. The van der Waals surface area contributed by atoms with E-state index in [4.69, 9.17) is 0 Å². The lowest BCUT2D eigenvalue weighted by Crippen LogP contribution is -1.87. The maximum atomic E-state index is 2.52. The molecule has 11 aromatic carbocycles. The first-order valence-corrected chi connectivity index (χ1v) is 19.2. The smallest absolute Gasteiger partial charge is 0.0620 e. The molecule has 252 valence electrons. The van der Waals surface area contributed by atoms with Crippen LogP contribution in [0.2, 0.25) is 0 Å². The number of nitrogens with zero attached hydrogens (tertiary/aromatic N) is 1. The predicted molar refractivity (Wildman–Crippen MR) is 237 cm³/mol. The summed E-state index contributed by atoms with van der Waals surface area (Å²) in [5.41, 5.74) is 8.81. The minimum absolute atomic E-state index is 1.24. The van der Waals surface area contributed by atoms with Crippen molar-refractivity contribution < 1.29 is 0 Å². The number of hydrogen-bond donors (Lipinski definition) is 0. The van der Waals surface area contributed by atoms with Crippen LogP contribution in [-0.2, 0) is 0 Å². The van der Waals surface area contributed by atoms with Crippen molar-refractivity contribution in [1.29, 1.82) is 0 Å². The number of para-hydroxylation sites is 1. The van der Waals surface area contributed by atoms with Crippen molar-refractivity contribution in [1.82, 2.24) is 4.40 Å². The van der Waals surface area contributed by atoms with E-state index in [2.05, 4.69) is 192 Å². The topological polar surface area (TPSA) is 4.41 Å². The van der Waals surface area contributed by atoms with Gasteiger partial charge in [-0.25, -0.2) is 0 Å². The van der Waals surface area contributed by atoms with E-state index in [1.54, 1.807) is 0 Å². The average Bonchev–Trinajstić information content (AvgIpc) is 3.79. The molecule has 0 fully saturated rings. The molecule has 0 spiro atoms. The van der Waals surface area contributed by atoms with Crippen LogP contribution in [0.4, 0.5) is 0 Å². The molecule has 0 amide bonds. The van der Waals surface area contributed by atoms with Crippen LogP contribution in [0.5, 0.6) is 0 Å². The number of hydrogen-bond acceptors (Lipinski definition) is 0. The summed E-state index contributed by atoms with van der Waals surface area (Å²) >= 11 is 0. The van der Waals surface area contributed by atoms with Crippen molar-refractivity contribution in [2.75, 3.05) is 0 Å². The predicted octanol–water partition coefficient (Wildman–Crippen LogP) is 15.1. The minimum Gasteiger partial charge on any atom is -0.308 e. The Morgan fingerprint density at radius 1 is 0.236 bits per heavy atom. The van der Waals surface area contributed by atoms with Crippen molar-refractivity contribution >= 4 is 103 Å². The summed E-state index contributed by atoms with van der Waals surface area (Å²) in [5, 5.41) is 20.8. The van der Waals surface area contributed by atoms with Gasteiger partial charge in [0.15, 0.2) is 0 Å². The highest BCUT2D eigenvalue weighted by Gasteiger charge is 2.22. The monoisotopic (exact) mass is 693 g/mol. The first-order valence-electron chi connectivity index (χ1n) is 19.2. The summed E-state index contributed by atoms with van der Waals surface area (Å²) in [6.45, 7) is 0. The molecule has 0 aliphatic rings. The molecule has 0 unspecified atom stereocenters. The Labute approximate surface area is 316 Å². The fourth-order valence-corrected chi connectivity index (χ4v) is 10.2. The van der Waals surface area contributed by atoms with Crippen molar-refractivity contribution in [3.8, 4) is 22.3 Å². The number of rotatable bonds is 2. The second kappa shape index (κ2) is 10.7. The molecule has 0 aliphatic carbocycles. The number of aromatic nitrogens is 1. The number of benzene rings is 11. The van der Waals surface area contributed by atoms with Gasteiger partial charge in [-0.15, -0.1) is 0 Å². The first kappa shape index (κ1) is 29.3. The molecule has 55 heavy (non-hydrogen) atoms. The van der Waals surface area contributed by atoms with Gasteiger partial charge in [0, 0.05) is 21.5 Å². The average molecular weight is 694 g/mol. The summed E-state index contributed by atoms with van der Waals surface area (Å²) in [6, 6.07) is 70.2. The Kier molecular flexibility index (Phi) is 5.69. The maximum Gasteiger partial charge on any atom is 0.0620 e. The molecule has 13 aromatic rings. The van der Waals surface area contributed by atoms with Crippen LogP contribution in [0.15, 0.2) is 188 Å². The zero-order chi connectivity index (χ0) is 35.8. The van der Waals surface area contributed by atoms with Crippen LogP contribution in [-0.4, -0.2) is 4.40 Å². The fraction of sp³-hybridized carbons (Fsp3) is 0. The Hall–Kier alpha value is -7.22. The van der Waals surface area contributed by atoms with Crippen molar-refractivity contribution in [2.24, 2.45) is 0 Å². The molecule has 0 aliphatic heterocycles. The van der Waals surface area contributed by atoms with Gasteiger partial charge in [-0.3, -0.25) is 0 Å². The fourth-order valence-electron chi connectivity index (χ4n) is 10.2. The summed E-state index contributed by atoms with van der Waals surface area (Å²) in [4.78, 5) is 0. The summed E-state index contributed by atoms with van der Waals surface area (Å²) in [6.07, 6.45) is 0. The molecular weight excluding hydrogens is 663 g/mol. The van der Waals surface area contributed by atoms with Gasteiger partial charge >= 0.3 is 0 Å². The standard InChI is InChI=1S/C54H31N/c1-3-16-40-36(12-1)38-14-5-7-18-42(38)48-30-32(26-28-44(40)48)34-20-10-24-50-52(34)46-22-9-23-47-53-35(21-11-25-51(53)55(50)54(46)47)33-27-29-45-41-17-4-2-13-37(41)39-15-6-8-19-43(39)49(45)31-33/h1-31H. The van der Waals surface area contributed by atoms with E-state index in [1.165, 1.54) is 125 Å². The van der Waals surface area contributed by atoms with Crippen LogP contribution in [0.1, 0.15) is 0 Å². The van der Waals surface area contributed by atoms with E-state index in [0.29, 0.717) is 0 Å². The molecule has 0 atom stereocenters. The Morgan fingerprint density at radius 3 is 0.927 bits per heavy atom. The van der Waals surface area contributed by atoms with E-state index < -0.39 is 0 Å². The van der Waals surface area contributed by atoms with Gasteiger partial charge in [0.05, 0.1) is 16.6 Å². The van der Waals surface area contributed by atoms with Crippen molar-refractivity contribution in [2.45, 2.75) is 0 Å². The third kappa shape index (κ3) is 3.82. The molecule has 13 rings (SSSR count). The van der Waals surface area contributed by atoms with Gasteiger partial charge < -0.3 is 4.40 Å². The van der Waals surface area contributed by atoms with Crippen LogP contribution < -0.4 is 0 Å². The van der Waals surface area contributed by atoms with E-state index in [1.807, 2.05) is 0 Å².